The highest BCUT2D eigenvalue weighted by Crippen LogP contribution is 1.91. The lowest BCUT2D eigenvalue weighted by Gasteiger charge is -2.16. The molecule has 0 spiro atoms. The fourth-order valence-corrected chi connectivity index (χ4v) is 1.29. The summed E-state index contributed by atoms with van der Waals surface area (Å²) in [6, 6.07) is -0.220. The highest BCUT2D eigenvalue weighted by Gasteiger charge is 2.13. The summed E-state index contributed by atoms with van der Waals surface area (Å²) in [5.41, 5.74) is 0. The van der Waals surface area contributed by atoms with Gasteiger partial charge in [-0.2, -0.15) is 0 Å². The van der Waals surface area contributed by atoms with Crippen LogP contribution in [0.25, 0.3) is 0 Å². The molecule has 0 fully saturated rings. The van der Waals surface area contributed by atoms with Crippen molar-refractivity contribution in [3.8, 4) is 0 Å². The van der Waals surface area contributed by atoms with E-state index in [4.69, 9.17) is 0 Å². The van der Waals surface area contributed by atoms with Crippen LogP contribution in [0.2, 0.25) is 0 Å². The number of amides is 1. The van der Waals surface area contributed by atoms with Crippen molar-refractivity contribution < 1.29 is 9.00 Å². The maximum atomic E-state index is 11.4. The zero-order chi connectivity index (χ0) is 11.8. The standard InChI is InChI=1S/C10H22N2O2S/c1-5-6-11-10(13)9(3)12-7-8(2)15(4)14/h8-9,12H,5-7H2,1-4H3,(H,11,13). The molecule has 0 aliphatic carbocycles. The van der Waals surface area contributed by atoms with Gasteiger partial charge in [0.1, 0.15) is 0 Å². The van der Waals surface area contributed by atoms with E-state index in [-0.39, 0.29) is 17.2 Å². The van der Waals surface area contributed by atoms with Gasteiger partial charge in [0.05, 0.1) is 6.04 Å². The largest absolute Gasteiger partial charge is 0.355 e. The third-order valence-electron chi connectivity index (χ3n) is 2.22. The first-order chi connectivity index (χ1) is 6.99. The Kier molecular flexibility index (Phi) is 7.60. The summed E-state index contributed by atoms with van der Waals surface area (Å²) in [5.74, 6) is 0.00550. The third kappa shape index (κ3) is 6.62. The van der Waals surface area contributed by atoms with E-state index in [2.05, 4.69) is 10.6 Å². The van der Waals surface area contributed by atoms with Crippen molar-refractivity contribution in [1.82, 2.24) is 10.6 Å². The zero-order valence-electron chi connectivity index (χ0n) is 10.0. The monoisotopic (exact) mass is 234 g/mol. The minimum atomic E-state index is -0.840. The molecule has 0 bridgehead atoms. The lowest BCUT2D eigenvalue weighted by Crippen LogP contribution is -2.45. The van der Waals surface area contributed by atoms with Gasteiger partial charge in [0.25, 0.3) is 0 Å². The highest BCUT2D eigenvalue weighted by atomic mass is 32.2. The molecule has 0 saturated carbocycles. The van der Waals surface area contributed by atoms with Crippen molar-refractivity contribution in [3.05, 3.63) is 0 Å². The molecule has 3 unspecified atom stereocenters. The molecule has 5 heteroatoms. The quantitative estimate of drug-likeness (QED) is 0.664. The number of hydrogen-bond acceptors (Lipinski definition) is 3. The smallest absolute Gasteiger partial charge is 0.236 e. The van der Waals surface area contributed by atoms with E-state index >= 15 is 0 Å². The Hall–Kier alpha value is -0.420. The SMILES string of the molecule is CCCNC(=O)C(C)NCC(C)S(C)=O. The van der Waals surface area contributed by atoms with Crippen molar-refractivity contribution in [2.24, 2.45) is 0 Å². The third-order valence-corrected chi connectivity index (χ3v) is 3.52. The van der Waals surface area contributed by atoms with Gasteiger partial charge in [0.2, 0.25) is 5.91 Å². The number of carbonyl (C=O) groups is 1. The average Bonchev–Trinajstić information content (AvgIpc) is 2.21. The van der Waals surface area contributed by atoms with Crippen molar-refractivity contribution in [3.63, 3.8) is 0 Å². The van der Waals surface area contributed by atoms with Gasteiger partial charge < -0.3 is 10.6 Å². The van der Waals surface area contributed by atoms with Gasteiger partial charge in [-0.05, 0) is 20.3 Å². The molecule has 1 amide bonds. The molecule has 2 N–H and O–H groups in total. The summed E-state index contributed by atoms with van der Waals surface area (Å²) in [6.07, 6.45) is 2.61. The number of rotatable bonds is 7. The van der Waals surface area contributed by atoms with E-state index in [1.54, 1.807) is 6.26 Å². The summed E-state index contributed by atoms with van der Waals surface area (Å²) < 4.78 is 11.1. The molecule has 4 nitrogen and oxygen atoms in total. The second kappa shape index (κ2) is 7.82. The van der Waals surface area contributed by atoms with Crippen LogP contribution in [0.15, 0.2) is 0 Å². The van der Waals surface area contributed by atoms with E-state index < -0.39 is 10.8 Å². The van der Waals surface area contributed by atoms with Crippen molar-refractivity contribution in [1.29, 1.82) is 0 Å². The van der Waals surface area contributed by atoms with E-state index in [0.717, 1.165) is 6.42 Å². The second-order valence-electron chi connectivity index (χ2n) is 3.73. The molecule has 0 aliphatic rings. The number of nitrogens with one attached hydrogen (secondary N) is 2. The van der Waals surface area contributed by atoms with E-state index in [1.807, 2.05) is 20.8 Å². The van der Waals surface area contributed by atoms with Gasteiger partial charge in [-0.15, -0.1) is 0 Å². The molecule has 0 heterocycles. The maximum absolute atomic E-state index is 11.4. The molecule has 90 valence electrons. The molecule has 0 aromatic rings. The van der Waals surface area contributed by atoms with Gasteiger partial charge in [-0.3, -0.25) is 9.00 Å². The topological polar surface area (TPSA) is 58.2 Å². The fraction of sp³-hybridized carbons (Fsp3) is 0.900. The Bertz CT molecular complexity index is 221. The van der Waals surface area contributed by atoms with Gasteiger partial charge in [-0.1, -0.05) is 6.92 Å². The van der Waals surface area contributed by atoms with Gasteiger partial charge >= 0.3 is 0 Å². The molecule has 3 atom stereocenters. The van der Waals surface area contributed by atoms with Crippen LogP contribution < -0.4 is 10.6 Å². The number of carbonyl (C=O) groups excluding carboxylic acids is 1. The molecule has 0 aliphatic heterocycles. The lowest BCUT2D eigenvalue weighted by atomic mass is 10.3. The predicted molar refractivity (Wildman–Crippen MR) is 64.3 cm³/mol. The van der Waals surface area contributed by atoms with Gasteiger partial charge in [0, 0.05) is 35.4 Å². The van der Waals surface area contributed by atoms with Crippen LogP contribution >= 0.6 is 0 Å². The minimum absolute atomic E-state index is 0.00550. The van der Waals surface area contributed by atoms with Crippen LogP contribution in [-0.4, -0.2) is 40.8 Å². The molecule has 0 aromatic heterocycles. The van der Waals surface area contributed by atoms with Crippen LogP contribution in [0.1, 0.15) is 27.2 Å². The van der Waals surface area contributed by atoms with Crippen LogP contribution in [-0.2, 0) is 15.6 Å². The second-order valence-corrected chi connectivity index (χ2v) is 5.53. The van der Waals surface area contributed by atoms with Crippen LogP contribution in [0.3, 0.4) is 0 Å². The summed E-state index contributed by atoms with van der Waals surface area (Å²) in [7, 11) is -0.840. The Morgan fingerprint density at radius 3 is 2.47 bits per heavy atom. The van der Waals surface area contributed by atoms with Crippen LogP contribution in [0, 0.1) is 0 Å². The summed E-state index contributed by atoms with van der Waals surface area (Å²) >= 11 is 0. The molecule has 0 radical (unpaired) electrons. The van der Waals surface area contributed by atoms with E-state index in [0.29, 0.717) is 13.1 Å². The van der Waals surface area contributed by atoms with Gasteiger partial charge in [-0.25, -0.2) is 0 Å². The Morgan fingerprint density at radius 2 is 2.00 bits per heavy atom. The molecule has 0 rings (SSSR count). The first kappa shape index (κ1) is 14.6. The van der Waals surface area contributed by atoms with Crippen LogP contribution in [0.4, 0.5) is 0 Å². The number of hydrogen-bond donors (Lipinski definition) is 2. The zero-order valence-corrected chi connectivity index (χ0v) is 10.8. The summed E-state index contributed by atoms with van der Waals surface area (Å²) in [6.45, 7) is 7.04. The summed E-state index contributed by atoms with van der Waals surface area (Å²) in [5, 5.41) is 5.95. The Balaban J connectivity index is 3.77. The molecular weight excluding hydrogens is 212 g/mol. The average molecular weight is 234 g/mol. The van der Waals surface area contributed by atoms with Crippen molar-refractivity contribution in [2.75, 3.05) is 19.3 Å². The van der Waals surface area contributed by atoms with Crippen LogP contribution in [0.5, 0.6) is 0 Å². The molecule has 15 heavy (non-hydrogen) atoms. The van der Waals surface area contributed by atoms with E-state index in [9.17, 15) is 9.00 Å². The first-order valence-corrected chi connectivity index (χ1v) is 6.94. The molecule has 0 saturated heterocycles. The highest BCUT2D eigenvalue weighted by molar-refractivity contribution is 7.84. The Labute approximate surface area is 94.7 Å². The molecule has 0 aromatic carbocycles. The fourth-order valence-electron chi connectivity index (χ4n) is 0.954. The van der Waals surface area contributed by atoms with Crippen molar-refractivity contribution in [2.45, 2.75) is 38.5 Å². The van der Waals surface area contributed by atoms with Gasteiger partial charge in [0.15, 0.2) is 0 Å². The summed E-state index contributed by atoms with van der Waals surface area (Å²) in [4.78, 5) is 11.4. The molecular formula is C10H22N2O2S. The van der Waals surface area contributed by atoms with Crippen molar-refractivity contribution >= 4 is 16.7 Å². The van der Waals surface area contributed by atoms with E-state index in [1.165, 1.54) is 0 Å². The maximum Gasteiger partial charge on any atom is 0.236 e. The first-order valence-electron chi connectivity index (χ1n) is 5.32. The lowest BCUT2D eigenvalue weighted by molar-refractivity contribution is -0.122. The normalized spacial score (nSPS) is 16.8. The Morgan fingerprint density at radius 1 is 1.40 bits per heavy atom. The minimum Gasteiger partial charge on any atom is -0.355 e. The predicted octanol–water partition coefficient (Wildman–Crippen LogP) is 0.258.